The van der Waals surface area contributed by atoms with Crippen molar-refractivity contribution in [2.75, 3.05) is 19.0 Å². The van der Waals surface area contributed by atoms with Gasteiger partial charge in [-0.15, -0.1) is 0 Å². The Labute approximate surface area is 197 Å². The molecule has 1 saturated carbocycles. The monoisotopic (exact) mass is 462 g/mol. The summed E-state index contributed by atoms with van der Waals surface area (Å²) in [5.74, 6) is 1.23. The topological polar surface area (TPSA) is 90.2 Å². The van der Waals surface area contributed by atoms with Gasteiger partial charge in [0.1, 0.15) is 18.5 Å². The van der Waals surface area contributed by atoms with Crippen molar-refractivity contribution < 1.29 is 28.2 Å². The molecule has 0 saturated heterocycles. The van der Waals surface area contributed by atoms with E-state index in [2.05, 4.69) is 10.1 Å². The fraction of sp³-hybridized carbons (Fsp3) is 0.308. The number of fused-ring (bicyclic) bond motifs is 1. The number of amides is 1. The first-order valence-electron chi connectivity index (χ1n) is 11.3. The molecule has 8 nitrogen and oxygen atoms in total. The summed E-state index contributed by atoms with van der Waals surface area (Å²) in [6.07, 6.45) is 1.71. The molecule has 1 fully saturated rings. The lowest BCUT2D eigenvalue weighted by Gasteiger charge is -2.38. The number of furan rings is 1. The molecule has 0 bridgehead atoms. The predicted octanol–water partition coefficient (Wildman–Crippen LogP) is 4.77. The number of anilines is 1. The van der Waals surface area contributed by atoms with E-state index in [4.69, 9.17) is 13.9 Å². The molecule has 8 heteroatoms. The maximum atomic E-state index is 13.3. The van der Waals surface area contributed by atoms with Crippen LogP contribution in [-0.4, -0.2) is 36.5 Å². The molecule has 2 aliphatic rings. The van der Waals surface area contributed by atoms with Crippen LogP contribution >= 0.6 is 0 Å². The van der Waals surface area contributed by atoms with Gasteiger partial charge in [0.25, 0.3) is 5.91 Å². The van der Waals surface area contributed by atoms with Gasteiger partial charge in [-0.2, -0.15) is 0 Å². The average molecular weight is 463 g/mol. The third kappa shape index (κ3) is 4.19. The van der Waals surface area contributed by atoms with Crippen LogP contribution in [-0.2, 0) is 11.3 Å². The van der Waals surface area contributed by atoms with Gasteiger partial charge in [-0.05, 0) is 61.7 Å². The Balaban J connectivity index is 1.40. The number of hydrogen-bond acceptors (Lipinski definition) is 7. The summed E-state index contributed by atoms with van der Waals surface area (Å²) in [5, 5.41) is 3.53. The van der Waals surface area contributed by atoms with E-state index >= 15 is 0 Å². The van der Waals surface area contributed by atoms with Crippen molar-refractivity contribution >= 4 is 17.6 Å². The third-order valence-corrected chi connectivity index (χ3v) is 5.90. The van der Waals surface area contributed by atoms with Crippen molar-refractivity contribution in [2.45, 2.75) is 38.6 Å². The minimum Gasteiger partial charge on any atom is -0.490 e. The molecule has 0 spiro atoms. The Bertz CT molecular complexity index is 1220. The Morgan fingerprint density at radius 3 is 2.68 bits per heavy atom. The van der Waals surface area contributed by atoms with E-state index in [-0.39, 0.29) is 30.5 Å². The lowest BCUT2D eigenvalue weighted by molar-refractivity contribution is 0.0560. The van der Waals surface area contributed by atoms with Gasteiger partial charge in [-0.25, -0.2) is 4.79 Å². The zero-order valence-corrected chi connectivity index (χ0v) is 19.1. The number of para-hydroxylation sites is 1. The molecule has 2 heterocycles. The molecule has 1 amide bonds. The van der Waals surface area contributed by atoms with Gasteiger partial charge in [0.2, 0.25) is 5.76 Å². The second kappa shape index (κ2) is 9.13. The van der Waals surface area contributed by atoms with Crippen molar-refractivity contribution in [3.8, 4) is 11.5 Å². The van der Waals surface area contributed by atoms with Crippen LogP contribution in [0.3, 0.4) is 0 Å². The first-order chi connectivity index (χ1) is 16.6. The number of carbonyl (C=O) groups is 2. The van der Waals surface area contributed by atoms with Gasteiger partial charge in [0.15, 0.2) is 11.5 Å². The first kappa shape index (κ1) is 21.9. The largest absolute Gasteiger partial charge is 0.490 e. The average Bonchev–Trinajstić information content (AvgIpc) is 3.58. The number of methoxy groups -OCH3 is 1. The highest BCUT2D eigenvalue weighted by atomic mass is 16.5. The zero-order valence-electron chi connectivity index (χ0n) is 19.1. The molecule has 0 unspecified atom stereocenters. The molecule has 1 aliphatic carbocycles. The summed E-state index contributed by atoms with van der Waals surface area (Å²) in [7, 11) is 1.30. The van der Waals surface area contributed by atoms with Crippen molar-refractivity contribution in [2.24, 2.45) is 0 Å². The Morgan fingerprint density at radius 1 is 1.09 bits per heavy atom. The summed E-state index contributed by atoms with van der Waals surface area (Å²) < 4.78 is 21.9. The summed E-state index contributed by atoms with van der Waals surface area (Å²) in [4.78, 5) is 26.8. The summed E-state index contributed by atoms with van der Waals surface area (Å²) >= 11 is 0. The summed E-state index contributed by atoms with van der Waals surface area (Å²) in [5.41, 5.74) is 2.43. The van der Waals surface area contributed by atoms with Crippen LogP contribution in [0.1, 0.15) is 58.2 Å². The number of carbonyl (C=O) groups excluding carboxylic acids is 2. The minimum atomic E-state index is -0.540. The maximum absolute atomic E-state index is 13.3. The molecular formula is C26H26N2O6. The highest BCUT2D eigenvalue weighted by Crippen LogP contribution is 2.42. The molecule has 3 aromatic rings. The van der Waals surface area contributed by atoms with E-state index in [0.717, 1.165) is 24.1 Å². The van der Waals surface area contributed by atoms with Gasteiger partial charge in [-0.1, -0.05) is 18.2 Å². The summed E-state index contributed by atoms with van der Waals surface area (Å²) in [6.45, 7) is 2.48. The van der Waals surface area contributed by atoms with Gasteiger partial charge >= 0.3 is 5.97 Å². The van der Waals surface area contributed by atoms with Crippen LogP contribution in [0, 0.1) is 0 Å². The first-order valence-corrected chi connectivity index (χ1v) is 11.3. The van der Waals surface area contributed by atoms with E-state index in [9.17, 15) is 9.59 Å². The van der Waals surface area contributed by atoms with Crippen LogP contribution in [0.4, 0.5) is 5.69 Å². The molecule has 1 aliphatic heterocycles. The lowest BCUT2D eigenvalue weighted by atomic mass is 10.0. The van der Waals surface area contributed by atoms with Crippen molar-refractivity contribution in [1.29, 1.82) is 0 Å². The summed E-state index contributed by atoms with van der Waals surface area (Å²) in [6, 6.07) is 16.7. The van der Waals surface area contributed by atoms with Crippen molar-refractivity contribution in [1.82, 2.24) is 4.90 Å². The quantitative estimate of drug-likeness (QED) is 0.482. The van der Waals surface area contributed by atoms with E-state index < -0.39 is 5.97 Å². The molecular weight excluding hydrogens is 436 g/mol. The number of benzene rings is 2. The second-order valence-corrected chi connectivity index (χ2v) is 8.22. The molecule has 5 rings (SSSR count). The maximum Gasteiger partial charge on any atom is 0.373 e. The van der Waals surface area contributed by atoms with E-state index in [1.165, 1.54) is 7.11 Å². The Morgan fingerprint density at radius 2 is 1.91 bits per heavy atom. The molecule has 1 atom stereocenters. The lowest BCUT2D eigenvalue weighted by Crippen LogP contribution is -2.44. The number of ether oxygens (including phenoxy) is 3. The van der Waals surface area contributed by atoms with Gasteiger partial charge in [0, 0.05) is 11.7 Å². The molecule has 2 aromatic carbocycles. The smallest absolute Gasteiger partial charge is 0.373 e. The zero-order chi connectivity index (χ0) is 23.7. The molecule has 1 aromatic heterocycles. The highest BCUT2D eigenvalue weighted by Gasteiger charge is 2.42. The van der Waals surface area contributed by atoms with Gasteiger partial charge in [0.05, 0.1) is 19.3 Å². The molecule has 176 valence electrons. The van der Waals surface area contributed by atoms with E-state index in [0.29, 0.717) is 29.4 Å². The van der Waals surface area contributed by atoms with Gasteiger partial charge < -0.3 is 28.8 Å². The fourth-order valence-electron chi connectivity index (χ4n) is 4.14. The normalized spacial score (nSPS) is 17.1. The third-order valence-electron chi connectivity index (χ3n) is 5.90. The van der Waals surface area contributed by atoms with Crippen LogP contribution in [0.25, 0.3) is 0 Å². The second-order valence-electron chi connectivity index (χ2n) is 8.22. The fourth-order valence-corrected chi connectivity index (χ4v) is 4.14. The van der Waals surface area contributed by atoms with Crippen LogP contribution < -0.4 is 14.8 Å². The number of nitrogens with one attached hydrogen (secondary N) is 1. The number of rotatable bonds is 8. The van der Waals surface area contributed by atoms with Crippen LogP contribution in [0.5, 0.6) is 11.5 Å². The Hall–Kier alpha value is -3.94. The van der Waals surface area contributed by atoms with Crippen LogP contribution in [0.2, 0.25) is 0 Å². The number of hydrogen-bond donors (Lipinski definition) is 1. The molecule has 34 heavy (non-hydrogen) atoms. The van der Waals surface area contributed by atoms with Gasteiger partial charge in [-0.3, -0.25) is 4.79 Å². The van der Waals surface area contributed by atoms with Crippen molar-refractivity contribution in [3.05, 3.63) is 77.2 Å². The van der Waals surface area contributed by atoms with Crippen LogP contribution in [0.15, 0.2) is 59.0 Å². The van der Waals surface area contributed by atoms with E-state index in [1.54, 1.807) is 12.1 Å². The highest BCUT2D eigenvalue weighted by molar-refractivity contribution is 6.02. The van der Waals surface area contributed by atoms with E-state index in [1.807, 2.05) is 54.3 Å². The molecule has 1 N–H and O–H groups in total. The number of esters is 1. The standard InChI is InChI=1S/C26H26N2O6/c1-3-32-23-14-16(8-12-21(23)33-15-18-11-13-22(34-18)26(30)31-2)24-27-20-7-5-4-6-19(20)25(29)28(24)17-9-10-17/h4-8,11-14,17,24,27H,3,9-10,15H2,1-2H3/t24-/m1/s1. The Kier molecular flexibility index (Phi) is 5.88. The number of nitrogens with zero attached hydrogens (tertiary/aromatic N) is 1. The minimum absolute atomic E-state index is 0.0411. The molecule has 0 radical (unpaired) electrons. The SMILES string of the molecule is CCOc1cc([C@@H]2Nc3ccccc3C(=O)N2C2CC2)ccc1OCc1ccc(C(=O)OC)o1. The predicted molar refractivity (Wildman–Crippen MR) is 124 cm³/mol. The van der Waals surface area contributed by atoms with Crippen molar-refractivity contribution in [3.63, 3.8) is 0 Å².